The second-order valence-corrected chi connectivity index (χ2v) is 5.58. The molecule has 0 spiro atoms. The van der Waals surface area contributed by atoms with Gasteiger partial charge in [-0.1, -0.05) is 13.8 Å². The van der Waals surface area contributed by atoms with Gasteiger partial charge in [0.05, 0.1) is 6.10 Å². The topological polar surface area (TPSA) is 58.6 Å². The monoisotopic (exact) mass is 231 g/mol. The zero-order chi connectivity index (χ0) is 12.9. The molecule has 0 saturated carbocycles. The maximum Gasteiger partial charge on any atom is 0.407 e. The highest BCUT2D eigenvalue weighted by atomic mass is 16.6. The Labute approximate surface area is 98.4 Å². The summed E-state index contributed by atoms with van der Waals surface area (Å²) < 4.78 is 5.17. The van der Waals surface area contributed by atoms with Crippen LogP contribution in [-0.2, 0) is 4.74 Å². The Hall–Kier alpha value is -0.770. The number of amides is 1. The van der Waals surface area contributed by atoms with Gasteiger partial charge in [-0.3, -0.25) is 0 Å². The quantitative estimate of drug-likeness (QED) is 0.780. The van der Waals surface area contributed by atoms with E-state index in [4.69, 9.17) is 4.74 Å². The first-order valence-electron chi connectivity index (χ1n) is 5.79. The predicted octanol–water partition coefficient (Wildman–Crippen LogP) is 2.31. The molecule has 0 saturated heterocycles. The average molecular weight is 231 g/mol. The summed E-state index contributed by atoms with van der Waals surface area (Å²) in [4.78, 5) is 11.5. The van der Waals surface area contributed by atoms with E-state index in [1.165, 1.54) is 0 Å². The molecule has 96 valence electrons. The van der Waals surface area contributed by atoms with Crippen LogP contribution in [0.5, 0.6) is 0 Å². The van der Waals surface area contributed by atoms with Gasteiger partial charge in [-0.25, -0.2) is 4.79 Å². The number of ether oxygens (including phenoxy) is 1. The first-order valence-corrected chi connectivity index (χ1v) is 5.79. The molecule has 1 amide bonds. The summed E-state index contributed by atoms with van der Waals surface area (Å²) in [5.74, 6) is 0.266. The van der Waals surface area contributed by atoms with Gasteiger partial charge >= 0.3 is 6.09 Å². The van der Waals surface area contributed by atoms with Crippen molar-refractivity contribution in [3.05, 3.63) is 0 Å². The molecule has 16 heavy (non-hydrogen) atoms. The summed E-state index contributed by atoms with van der Waals surface area (Å²) in [7, 11) is 0. The second kappa shape index (κ2) is 6.09. The Morgan fingerprint density at radius 1 is 1.31 bits per heavy atom. The molecule has 0 aliphatic heterocycles. The van der Waals surface area contributed by atoms with Gasteiger partial charge in [0.1, 0.15) is 5.60 Å². The minimum atomic E-state index is -0.490. The third-order valence-corrected chi connectivity index (χ3v) is 2.10. The van der Waals surface area contributed by atoms with Gasteiger partial charge in [-0.15, -0.1) is 0 Å². The van der Waals surface area contributed by atoms with Gasteiger partial charge in [-0.05, 0) is 40.0 Å². The molecule has 0 aliphatic rings. The number of carbonyl (C=O) groups excluding carboxylic acids is 1. The standard InChI is InChI=1S/C12H25NO3/c1-8(2)10(7-9(3)14)13-11(15)16-12(4,5)6/h8-10,14H,7H2,1-6H3,(H,13,15)/t9-,10+/m0/s1. The minimum Gasteiger partial charge on any atom is -0.444 e. The van der Waals surface area contributed by atoms with Crippen molar-refractivity contribution in [3.63, 3.8) is 0 Å². The number of aliphatic hydroxyl groups excluding tert-OH is 1. The van der Waals surface area contributed by atoms with Crippen LogP contribution in [0, 0.1) is 5.92 Å². The smallest absolute Gasteiger partial charge is 0.407 e. The molecule has 0 aromatic heterocycles. The molecule has 0 aromatic rings. The van der Waals surface area contributed by atoms with Crippen molar-refractivity contribution in [1.29, 1.82) is 0 Å². The van der Waals surface area contributed by atoms with Crippen molar-refractivity contribution >= 4 is 6.09 Å². The van der Waals surface area contributed by atoms with E-state index in [1.807, 2.05) is 34.6 Å². The number of nitrogens with one attached hydrogen (secondary N) is 1. The van der Waals surface area contributed by atoms with Crippen LogP contribution < -0.4 is 5.32 Å². The lowest BCUT2D eigenvalue weighted by Gasteiger charge is -2.26. The van der Waals surface area contributed by atoms with Gasteiger partial charge in [0.15, 0.2) is 0 Å². The molecule has 2 N–H and O–H groups in total. The lowest BCUT2D eigenvalue weighted by molar-refractivity contribution is 0.0467. The Balaban J connectivity index is 4.24. The van der Waals surface area contributed by atoms with Crippen molar-refractivity contribution in [2.45, 2.75) is 65.7 Å². The minimum absolute atomic E-state index is 0.0603. The normalized spacial score (nSPS) is 15.8. The van der Waals surface area contributed by atoms with Crippen molar-refractivity contribution in [2.75, 3.05) is 0 Å². The molecule has 0 radical (unpaired) electrons. The molecular weight excluding hydrogens is 206 g/mol. The highest BCUT2D eigenvalue weighted by Gasteiger charge is 2.22. The fourth-order valence-corrected chi connectivity index (χ4v) is 1.32. The number of alkyl carbamates (subject to hydrolysis) is 1. The van der Waals surface area contributed by atoms with E-state index in [9.17, 15) is 9.90 Å². The van der Waals surface area contributed by atoms with Crippen LogP contribution in [0.3, 0.4) is 0 Å². The number of aliphatic hydroxyl groups is 1. The van der Waals surface area contributed by atoms with E-state index in [2.05, 4.69) is 5.32 Å². The third kappa shape index (κ3) is 7.51. The molecule has 0 heterocycles. The molecular formula is C12H25NO3. The van der Waals surface area contributed by atoms with Crippen LogP contribution in [0.1, 0.15) is 48.0 Å². The zero-order valence-electron chi connectivity index (χ0n) is 11.2. The number of carbonyl (C=O) groups is 1. The van der Waals surface area contributed by atoms with Gasteiger partial charge in [0.25, 0.3) is 0 Å². The summed E-state index contributed by atoms with van der Waals surface area (Å²) in [5.41, 5.74) is -0.490. The van der Waals surface area contributed by atoms with Crippen LogP contribution in [-0.4, -0.2) is 28.9 Å². The first-order chi connectivity index (χ1) is 7.11. The molecule has 0 unspecified atom stereocenters. The van der Waals surface area contributed by atoms with Gasteiger partial charge in [0.2, 0.25) is 0 Å². The Bertz CT molecular complexity index is 219. The van der Waals surface area contributed by atoms with Crippen LogP contribution in [0.2, 0.25) is 0 Å². The highest BCUT2D eigenvalue weighted by molar-refractivity contribution is 5.68. The molecule has 0 bridgehead atoms. The number of hydrogen-bond acceptors (Lipinski definition) is 3. The molecule has 4 nitrogen and oxygen atoms in total. The van der Waals surface area contributed by atoms with E-state index < -0.39 is 17.8 Å². The van der Waals surface area contributed by atoms with Crippen LogP contribution >= 0.6 is 0 Å². The highest BCUT2D eigenvalue weighted by Crippen LogP contribution is 2.11. The zero-order valence-corrected chi connectivity index (χ0v) is 11.2. The lowest BCUT2D eigenvalue weighted by atomic mass is 9.99. The van der Waals surface area contributed by atoms with E-state index in [0.29, 0.717) is 6.42 Å². The van der Waals surface area contributed by atoms with Crippen LogP contribution in [0.4, 0.5) is 4.79 Å². The van der Waals surface area contributed by atoms with Gasteiger partial charge < -0.3 is 15.2 Å². The summed E-state index contributed by atoms with van der Waals surface area (Å²) in [6, 6.07) is -0.0603. The first kappa shape index (κ1) is 15.2. The Kier molecular flexibility index (Phi) is 5.79. The van der Waals surface area contributed by atoms with Crippen LogP contribution in [0.25, 0.3) is 0 Å². The second-order valence-electron chi connectivity index (χ2n) is 5.58. The average Bonchev–Trinajstić information content (AvgIpc) is 1.97. The van der Waals surface area contributed by atoms with E-state index in [1.54, 1.807) is 6.92 Å². The van der Waals surface area contributed by atoms with Crippen molar-refractivity contribution in [3.8, 4) is 0 Å². The SMILES string of the molecule is CC(C)[C@@H](C[C@H](C)O)NC(=O)OC(C)(C)C. The maximum atomic E-state index is 11.5. The molecule has 0 fully saturated rings. The Morgan fingerprint density at radius 3 is 2.12 bits per heavy atom. The van der Waals surface area contributed by atoms with Crippen molar-refractivity contribution in [2.24, 2.45) is 5.92 Å². The van der Waals surface area contributed by atoms with Crippen LogP contribution in [0.15, 0.2) is 0 Å². The maximum absolute atomic E-state index is 11.5. The summed E-state index contributed by atoms with van der Waals surface area (Å²) in [6.07, 6.45) is -0.314. The van der Waals surface area contributed by atoms with Crippen molar-refractivity contribution < 1.29 is 14.6 Å². The predicted molar refractivity (Wildman–Crippen MR) is 64.3 cm³/mol. The van der Waals surface area contributed by atoms with E-state index >= 15 is 0 Å². The Morgan fingerprint density at radius 2 is 1.81 bits per heavy atom. The van der Waals surface area contributed by atoms with E-state index in [0.717, 1.165) is 0 Å². The third-order valence-electron chi connectivity index (χ3n) is 2.10. The lowest BCUT2D eigenvalue weighted by Crippen LogP contribution is -2.43. The molecule has 0 aromatic carbocycles. The largest absolute Gasteiger partial charge is 0.444 e. The molecule has 4 heteroatoms. The fraction of sp³-hybridized carbons (Fsp3) is 0.917. The van der Waals surface area contributed by atoms with E-state index in [-0.39, 0.29) is 12.0 Å². The van der Waals surface area contributed by atoms with Gasteiger partial charge in [-0.2, -0.15) is 0 Å². The molecule has 2 atom stereocenters. The van der Waals surface area contributed by atoms with Gasteiger partial charge in [0, 0.05) is 6.04 Å². The fourth-order valence-electron chi connectivity index (χ4n) is 1.32. The summed E-state index contributed by atoms with van der Waals surface area (Å²) in [6.45, 7) is 11.2. The number of hydrogen-bond donors (Lipinski definition) is 2. The molecule has 0 rings (SSSR count). The van der Waals surface area contributed by atoms with Crippen molar-refractivity contribution in [1.82, 2.24) is 5.32 Å². The molecule has 0 aliphatic carbocycles. The number of rotatable bonds is 4. The summed E-state index contributed by atoms with van der Waals surface area (Å²) in [5, 5.41) is 12.1. The summed E-state index contributed by atoms with van der Waals surface area (Å²) >= 11 is 0.